The van der Waals surface area contributed by atoms with Gasteiger partial charge in [-0.2, -0.15) is 4.31 Å². The van der Waals surface area contributed by atoms with Crippen LogP contribution in [0.15, 0.2) is 53.6 Å². The molecule has 3 heterocycles. The van der Waals surface area contributed by atoms with E-state index in [1.54, 1.807) is 18.2 Å². The van der Waals surface area contributed by atoms with Gasteiger partial charge in [0.1, 0.15) is 16.4 Å². The Balaban J connectivity index is 1.54. The molecular formula is C18H15FN4O3S2. The minimum Gasteiger partial charge on any atom is -0.296 e. The van der Waals surface area contributed by atoms with E-state index in [0.29, 0.717) is 11.6 Å². The molecule has 0 bridgehead atoms. The van der Waals surface area contributed by atoms with E-state index in [-0.39, 0.29) is 29.6 Å². The van der Waals surface area contributed by atoms with E-state index in [0.717, 1.165) is 16.6 Å². The van der Waals surface area contributed by atoms with Crippen molar-refractivity contribution in [2.75, 3.05) is 11.9 Å². The fraction of sp³-hybridized carbons (Fsp3) is 0.167. The number of aromatic nitrogens is 2. The van der Waals surface area contributed by atoms with Gasteiger partial charge in [-0.05, 0) is 24.3 Å². The minimum absolute atomic E-state index is 0.0864. The Kier molecular flexibility index (Phi) is 4.92. The predicted molar refractivity (Wildman–Crippen MR) is 102 cm³/mol. The van der Waals surface area contributed by atoms with Crippen molar-refractivity contribution in [3.05, 3.63) is 70.7 Å². The number of thiazole rings is 1. The molecule has 0 atom stereocenters. The van der Waals surface area contributed by atoms with E-state index in [1.807, 2.05) is 0 Å². The van der Waals surface area contributed by atoms with Gasteiger partial charge in [0.2, 0.25) is 10.0 Å². The molecule has 1 aliphatic rings. The lowest BCUT2D eigenvalue weighted by atomic mass is 10.2. The molecule has 1 amide bonds. The molecule has 0 aliphatic carbocycles. The van der Waals surface area contributed by atoms with Gasteiger partial charge in [-0.25, -0.2) is 17.8 Å². The predicted octanol–water partition coefficient (Wildman–Crippen LogP) is 2.68. The average Bonchev–Trinajstić information content (AvgIpc) is 3.10. The Labute approximate surface area is 164 Å². The zero-order valence-electron chi connectivity index (χ0n) is 14.5. The standard InChI is InChI=1S/C18H15FN4O3S2/c19-12-5-1-2-7-16(12)28(25,26)23-10-8-13-15(11-23)27-18(21-13)22-17(24)14-6-3-4-9-20-14/h1-7,9H,8,10-11H2,(H,21,22,24). The molecular weight excluding hydrogens is 403 g/mol. The first kappa shape index (κ1) is 18.7. The number of sulfonamides is 1. The summed E-state index contributed by atoms with van der Waals surface area (Å²) in [7, 11) is -3.95. The number of amides is 1. The lowest BCUT2D eigenvalue weighted by molar-refractivity contribution is 0.102. The Morgan fingerprint density at radius 2 is 1.96 bits per heavy atom. The maximum atomic E-state index is 14.0. The number of pyridine rings is 1. The summed E-state index contributed by atoms with van der Waals surface area (Å²) >= 11 is 1.21. The van der Waals surface area contributed by atoms with Crippen LogP contribution in [-0.2, 0) is 23.0 Å². The molecule has 28 heavy (non-hydrogen) atoms. The molecule has 144 valence electrons. The number of hydrogen-bond donors (Lipinski definition) is 1. The number of hydrogen-bond acceptors (Lipinski definition) is 6. The van der Waals surface area contributed by atoms with Crippen LogP contribution in [0.3, 0.4) is 0 Å². The summed E-state index contributed by atoms with van der Waals surface area (Å²) < 4.78 is 40.8. The number of carbonyl (C=O) groups excluding carboxylic acids is 1. The summed E-state index contributed by atoms with van der Waals surface area (Å²) in [6, 6.07) is 10.3. The highest BCUT2D eigenvalue weighted by molar-refractivity contribution is 7.89. The second-order valence-electron chi connectivity index (χ2n) is 6.08. The van der Waals surface area contributed by atoms with Crippen molar-refractivity contribution in [2.45, 2.75) is 17.9 Å². The van der Waals surface area contributed by atoms with Crippen molar-refractivity contribution in [1.82, 2.24) is 14.3 Å². The molecule has 0 unspecified atom stereocenters. The van der Waals surface area contributed by atoms with Crippen LogP contribution >= 0.6 is 11.3 Å². The molecule has 0 saturated heterocycles. The molecule has 4 rings (SSSR count). The summed E-state index contributed by atoms with van der Waals surface area (Å²) in [6.45, 7) is 0.282. The first-order valence-corrected chi connectivity index (χ1v) is 10.7. The summed E-state index contributed by atoms with van der Waals surface area (Å²) in [6.07, 6.45) is 1.91. The second kappa shape index (κ2) is 7.38. The maximum Gasteiger partial charge on any atom is 0.276 e. The first-order valence-electron chi connectivity index (χ1n) is 8.41. The molecule has 3 aromatic rings. The quantitative estimate of drug-likeness (QED) is 0.703. The molecule has 0 radical (unpaired) electrons. The van der Waals surface area contributed by atoms with E-state index in [4.69, 9.17) is 0 Å². The summed E-state index contributed by atoms with van der Waals surface area (Å²) in [5.74, 6) is -1.16. The van der Waals surface area contributed by atoms with Crippen molar-refractivity contribution < 1.29 is 17.6 Å². The highest BCUT2D eigenvalue weighted by Crippen LogP contribution is 2.31. The van der Waals surface area contributed by atoms with Crippen LogP contribution in [0, 0.1) is 5.82 Å². The third-order valence-corrected chi connectivity index (χ3v) is 7.14. The van der Waals surface area contributed by atoms with Crippen molar-refractivity contribution in [3.8, 4) is 0 Å². The van der Waals surface area contributed by atoms with Crippen LogP contribution in [0.5, 0.6) is 0 Å². The van der Waals surface area contributed by atoms with Crippen molar-refractivity contribution in [3.63, 3.8) is 0 Å². The van der Waals surface area contributed by atoms with E-state index < -0.39 is 15.8 Å². The minimum atomic E-state index is -3.95. The first-order chi connectivity index (χ1) is 13.4. The Hall–Kier alpha value is -2.69. The van der Waals surface area contributed by atoms with Crippen LogP contribution in [0.1, 0.15) is 21.1 Å². The zero-order valence-corrected chi connectivity index (χ0v) is 16.1. The van der Waals surface area contributed by atoms with Gasteiger partial charge >= 0.3 is 0 Å². The van der Waals surface area contributed by atoms with E-state index in [1.165, 1.54) is 40.0 Å². The Morgan fingerprint density at radius 3 is 2.71 bits per heavy atom. The highest BCUT2D eigenvalue weighted by atomic mass is 32.2. The number of nitrogens with one attached hydrogen (secondary N) is 1. The van der Waals surface area contributed by atoms with Crippen LogP contribution in [0.2, 0.25) is 0 Å². The van der Waals surface area contributed by atoms with E-state index in [2.05, 4.69) is 15.3 Å². The average molecular weight is 418 g/mol. The third kappa shape index (κ3) is 3.53. The van der Waals surface area contributed by atoms with Gasteiger partial charge in [-0.3, -0.25) is 15.1 Å². The zero-order chi connectivity index (χ0) is 19.7. The third-order valence-electron chi connectivity index (χ3n) is 4.27. The maximum absolute atomic E-state index is 14.0. The SMILES string of the molecule is O=C(Nc1nc2c(s1)CN(S(=O)(=O)c1ccccc1F)CC2)c1ccccn1. The normalized spacial score (nSPS) is 14.5. The smallest absolute Gasteiger partial charge is 0.276 e. The molecule has 10 heteroatoms. The van der Waals surface area contributed by atoms with Gasteiger partial charge in [0.05, 0.1) is 12.2 Å². The van der Waals surface area contributed by atoms with Crippen LogP contribution in [0.25, 0.3) is 0 Å². The molecule has 0 saturated carbocycles. The molecule has 0 spiro atoms. The number of halogens is 1. The molecule has 1 aliphatic heterocycles. The number of anilines is 1. The van der Waals surface area contributed by atoms with E-state index in [9.17, 15) is 17.6 Å². The fourth-order valence-electron chi connectivity index (χ4n) is 2.88. The number of carbonyl (C=O) groups is 1. The van der Waals surface area contributed by atoms with Crippen LogP contribution in [0.4, 0.5) is 9.52 Å². The van der Waals surface area contributed by atoms with Crippen molar-refractivity contribution in [2.24, 2.45) is 0 Å². The van der Waals surface area contributed by atoms with E-state index >= 15 is 0 Å². The van der Waals surface area contributed by atoms with Gasteiger partial charge < -0.3 is 0 Å². The number of benzene rings is 1. The van der Waals surface area contributed by atoms with Crippen LogP contribution < -0.4 is 5.32 Å². The topological polar surface area (TPSA) is 92.3 Å². The van der Waals surface area contributed by atoms with Gasteiger partial charge in [0.25, 0.3) is 5.91 Å². The number of rotatable bonds is 4. The Bertz CT molecular complexity index is 1130. The number of nitrogens with zero attached hydrogens (tertiary/aromatic N) is 3. The fourth-order valence-corrected chi connectivity index (χ4v) is 5.46. The molecule has 7 nitrogen and oxygen atoms in total. The molecule has 2 aromatic heterocycles. The number of fused-ring (bicyclic) bond motifs is 1. The highest BCUT2D eigenvalue weighted by Gasteiger charge is 2.32. The largest absolute Gasteiger partial charge is 0.296 e. The second-order valence-corrected chi connectivity index (χ2v) is 9.07. The Morgan fingerprint density at radius 1 is 1.18 bits per heavy atom. The summed E-state index contributed by atoms with van der Waals surface area (Å²) in [5, 5.41) is 3.07. The van der Waals surface area contributed by atoms with Gasteiger partial charge in [0.15, 0.2) is 5.13 Å². The summed E-state index contributed by atoms with van der Waals surface area (Å²) in [5.41, 5.74) is 1.00. The molecule has 1 aromatic carbocycles. The van der Waals surface area contributed by atoms with Crippen molar-refractivity contribution in [1.29, 1.82) is 0 Å². The summed E-state index contributed by atoms with van der Waals surface area (Å²) in [4.78, 5) is 21.0. The van der Waals surface area contributed by atoms with Crippen molar-refractivity contribution >= 4 is 32.4 Å². The van der Waals surface area contributed by atoms with Gasteiger partial charge in [-0.15, -0.1) is 11.3 Å². The molecule has 1 N–H and O–H groups in total. The monoisotopic (exact) mass is 418 g/mol. The lowest BCUT2D eigenvalue weighted by Gasteiger charge is -2.25. The van der Waals surface area contributed by atoms with Crippen LogP contribution in [-0.4, -0.2) is 35.1 Å². The van der Waals surface area contributed by atoms with Gasteiger partial charge in [0, 0.05) is 24.0 Å². The van der Waals surface area contributed by atoms with Gasteiger partial charge in [-0.1, -0.05) is 18.2 Å². The lowest BCUT2D eigenvalue weighted by Crippen LogP contribution is -2.35. The molecule has 0 fully saturated rings.